The standard InChI is InChI=1S/C12H20N2O6/c1-12(19,11(17)18)7-13-10(16)8-5-9(15)14(6-8)3-4-20-2/h8,19H,3-7H2,1-2H3,(H,13,16)(H,17,18). The van der Waals surface area contributed by atoms with E-state index in [1.165, 1.54) is 12.0 Å². The molecule has 2 unspecified atom stereocenters. The van der Waals surface area contributed by atoms with Gasteiger partial charge in [-0.1, -0.05) is 0 Å². The number of nitrogens with zero attached hydrogens (tertiary/aromatic N) is 1. The lowest BCUT2D eigenvalue weighted by atomic mass is 10.1. The lowest BCUT2D eigenvalue weighted by Crippen LogP contribution is -2.48. The van der Waals surface area contributed by atoms with Gasteiger partial charge in [-0.2, -0.15) is 0 Å². The molecule has 3 N–H and O–H groups in total. The third kappa shape index (κ3) is 4.17. The Morgan fingerprint density at radius 3 is 2.75 bits per heavy atom. The number of hydrogen-bond donors (Lipinski definition) is 3. The summed E-state index contributed by atoms with van der Waals surface area (Å²) in [7, 11) is 1.53. The molecule has 0 bridgehead atoms. The predicted octanol–water partition coefficient (Wildman–Crippen LogP) is -1.57. The summed E-state index contributed by atoms with van der Waals surface area (Å²) >= 11 is 0. The van der Waals surface area contributed by atoms with Crippen molar-refractivity contribution in [2.45, 2.75) is 18.9 Å². The maximum absolute atomic E-state index is 11.9. The fourth-order valence-corrected chi connectivity index (χ4v) is 1.84. The fourth-order valence-electron chi connectivity index (χ4n) is 1.84. The molecule has 1 fully saturated rings. The average Bonchev–Trinajstić information content (AvgIpc) is 2.75. The molecule has 1 aliphatic rings. The van der Waals surface area contributed by atoms with Crippen molar-refractivity contribution in [2.24, 2.45) is 5.92 Å². The van der Waals surface area contributed by atoms with Crippen molar-refractivity contribution >= 4 is 17.8 Å². The van der Waals surface area contributed by atoms with E-state index in [1.807, 2.05) is 0 Å². The van der Waals surface area contributed by atoms with Gasteiger partial charge in [0.25, 0.3) is 0 Å². The van der Waals surface area contributed by atoms with Gasteiger partial charge in [0, 0.05) is 26.6 Å². The van der Waals surface area contributed by atoms with Crippen molar-refractivity contribution in [3.05, 3.63) is 0 Å². The third-order valence-electron chi connectivity index (χ3n) is 3.22. The molecule has 0 saturated carbocycles. The smallest absolute Gasteiger partial charge is 0.337 e. The van der Waals surface area contributed by atoms with Crippen LogP contribution in [0.4, 0.5) is 0 Å². The maximum atomic E-state index is 11.9. The van der Waals surface area contributed by atoms with E-state index in [0.717, 1.165) is 6.92 Å². The molecule has 2 amide bonds. The molecular formula is C12H20N2O6. The van der Waals surface area contributed by atoms with Crippen molar-refractivity contribution in [3.63, 3.8) is 0 Å². The number of methoxy groups -OCH3 is 1. The first kappa shape index (κ1) is 16.4. The van der Waals surface area contributed by atoms with Crippen LogP contribution in [0.3, 0.4) is 0 Å². The highest BCUT2D eigenvalue weighted by molar-refractivity contribution is 5.89. The number of carbonyl (C=O) groups is 3. The molecule has 1 rings (SSSR count). The second-order valence-corrected chi connectivity index (χ2v) is 5.03. The fraction of sp³-hybridized carbons (Fsp3) is 0.750. The minimum absolute atomic E-state index is 0.0881. The Morgan fingerprint density at radius 1 is 1.55 bits per heavy atom. The second kappa shape index (κ2) is 6.67. The number of carbonyl (C=O) groups excluding carboxylic acids is 2. The highest BCUT2D eigenvalue weighted by Crippen LogP contribution is 2.17. The van der Waals surface area contributed by atoms with Crippen LogP contribution >= 0.6 is 0 Å². The Labute approximate surface area is 116 Å². The van der Waals surface area contributed by atoms with E-state index in [0.29, 0.717) is 13.2 Å². The number of rotatable bonds is 7. The molecule has 0 aliphatic carbocycles. The largest absolute Gasteiger partial charge is 0.479 e. The lowest BCUT2D eigenvalue weighted by Gasteiger charge is -2.20. The molecule has 0 spiro atoms. The Kier molecular flexibility index (Phi) is 5.46. The summed E-state index contributed by atoms with van der Waals surface area (Å²) in [6.45, 7) is 1.80. The minimum atomic E-state index is -2.02. The molecule has 0 radical (unpaired) electrons. The average molecular weight is 288 g/mol. The molecular weight excluding hydrogens is 268 g/mol. The topological polar surface area (TPSA) is 116 Å². The zero-order valence-corrected chi connectivity index (χ0v) is 11.6. The molecule has 0 aromatic heterocycles. The van der Waals surface area contributed by atoms with Gasteiger partial charge < -0.3 is 25.2 Å². The number of nitrogens with one attached hydrogen (secondary N) is 1. The van der Waals surface area contributed by atoms with Crippen molar-refractivity contribution in [2.75, 3.05) is 33.4 Å². The third-order valence-corrected chi connectivity index (χ3v) is 3.22. The van der Waals surface area contributed by atoms with Crippen molar-refractivity contribution < 1.29 is 29.3 Å². The van der Waals surface area contributed by atoms with Crippen LogP contribution < -0.4 is 5.32 Å². The molecule has 1 saturated heterocycles. The van der Waals surface area contributed by atoms with Crippen LogP contribution in [0, 0.1) is 5.92 Å². The van der Waals surface area contributed by atoms with Crippen LogP contribution in [0.25, 0.3) is 0 Å². The number of aliphatic hydroxyl groups is 1. The Bertz CT molecular complexity index is 395. The normalized spacial score (nSPS) is 21.6. The van der Waals surface area contributed by atoms with Crippen LogP contribution in [0.5, 0.6) is 0 Å². The van der Waals surface area contributed by atoms with Gasteiger partial charge in [0.05, 0.1) is 19.1 Å². The van der Waals surface area contributed by atoms with E-state index in [1.54, 1.807) is 0 Å². The van der Waals surface area contributed by atoms with Crippen LogP contribution in [0.1, 0.15) is 13.3 Å². The van der Waals surface area contributed by atoms with Gasteiger partial charge in [-0.15, -0.1) is 0 Å². The zero-order chi connectivity index (χ0) is 15.3. The maximum Gasteiger partial charge on any atom is 0.337 e. The lowest BCUT2D eigenvalue weighted by molar-refractivity contribution is -0.156. The van der Waals surface area contributed by atoms with Crippen LogP contribution in [-0.2, 0) is 19.1 Å². The summed E-state index contributed by atoms with van der Waals surface area (Å²) in [4.78, 5) is 35.7. The minimum Gasteiger partial charge on any atom is -0.479 e. The number of carboxylic acids is 1. The number of aliphatic carboxylic acids is 1. The Balaban J connectivity index is 2.46. The zero-order valence-electron chi connectivity index (χ0n) is 11.6. The molecule has 0 aromatic carbocycles. The first-order valence-electron chi connectivity index (χ1n) is 6.28. The van der Waals surface area contributed by atoms with Crippen molar-refractivity contribution in [3.8, 4) is 0 Å². The molecule has 0 aromatic rings. The number of carboxylic acid groups (broad SMARTS) is 1. The van der Waals surface area contributed by atoms with Gasteiger partial charge in [-0.25, -0.2) is 4.79 Å². The summed E-state index contributed by atoms with van der Waals surface area (Å²) in [5.74, 6) is -2.50. The molecule has 20 heavy (non-hydrogen) atoms. The van der Waals surface area contributed by atoms with E-state index in [4.69, 9.17) is 9.84 Å². The van der Waals surface area contributed by atoms with Crippen molar-refractivity contribution in [1.29, 1.82) is 0 Å². The van der Waals surface area contributed by atoms with E-state index in [9.17, 15) is 19.5 Å². The van der Waals surface area contributed by atoms with Gasteiger partial charge in [-0.05, 0) is 6.92 Å². The second-order valence-electron chi connectivity index (χ2n) is 5.03. The van der Waals surface area contributed by atoms with E-state index in [-0.39, 0.29) is 18.9 Å². The highest BCUT2D eigenvalue weighted by Gasteiger charge is 2.36. The molecule has 2 atom stereocenters. The van der Waals surface area contributed by atoms with Gasteiger partial charge in [0.15, 0.2) is 5.60 Å². The first-order chi connectivity index (χ1) is 9.27. The van der Waals surface area contributed by atoms with Crippen LogP contribution in [0.2, 0.25) is 0 Å². The van der Waals surface area contributed by atoms with Crippen LogP contribution in [0.15, 0.2) is 0 Å². The van der Waals surface area contributed by atoms with Gasteiger partial charge in [-0.3, -0.25) is 9.59 Å². The van der Waals surface area contributed by atoms with Gasteiger partial charge >= 0.3 is 5.97 Å². The first-order valence-corrected chi connectivity index (χ1v) is 6.28. The van der Waals surface area contributed by atoms with Crippen molar-refractivity contribution in [1.82, 2.24) is 10.2 Å². The molecule has 8 heteroatoms. The van der Waals surface area contributed by atoms with E-state index < -0.39 is 29.9 Å². The van der Waals surface area contributed by atoms with E-state index >= 15 is 0 Å². The van der Waals surface area contributed by atoms with Gasteiger partial charge in [0.2, 0.25) is 11.8 Å². The van der Waals surface area contributed by atoms with E-state index in [2.05, 4.69) is 5.32 Å². The summed E-state index contributed by atoms with van der Waals surface area (Å²) in [5.41, 5.74) is -2.02. The molecule has 1 aliphatic heterocycles. The van der Waals surface area contributed by atoms with Crippen LogP contribution in [-0.4, -0.2) is 71.8 Å². The summed E-state index contributed by atoms with van der Waals surface area (Å²) in [5, 5.41) is 20.6. The number of hydrogen-bond acceptors (Lipinski definition) is 5. The summed E-state index contributed by atoms with van der Waals surface area (Å²) < 4.78 is 4.87. The SMILES string of the molecule is COCCN1CC(C(=O)NCC(C)(O)C(=O)O)CC1=O. The quantitative estimate of drug-likeness (QED) is 0.521. The molecule has 8 nitrogen and oxygen atoms in total. The number of likely N-dealkylation sites (tertiary alicyclic amines) is 1. The molecule has 1 heterocycles. The van der Waals surface area contributed by atoms with Gasteiger partial charge in [0.1, 0.15) is 0 Å². The number of ether oxygens (including phenoxy) is 1. The Morgan fingerprint density at radius 2 is 2.20 bits per heavy atom. The monoisotopic (exact) mass is 288 g/mol. The summed E-state index contributed by atoms with van der Waals surface area (Å²) in [6.07, 6.45) is 0.0881. The molecule has 114 valence electrons. The summed E-state index contributed by atoms with van der Waals surface area (Å²) in [6, 6.07) is 0. The Hall–Kier alpha value is -1.67. The predicted molar refractivity (Wildman–Crippen MR) is 67.8 cm³/mol. The highest BCUT2D eigenvalue weighted by atomic mass is 16.5. The number of amides is 2.